The molecular weight excluding hydrogens is 380 g/mol. The summed E-state index contributed by atoms with van der Waals surface area (Å²) >= 11 is 0. The molecule has 6 nitrogen and oxygen atoms in total. The van der Waals surface area contributed by atoms with Gasteiger partial charge in [-0.2, -0.15) is 0 Å². The molecule has 2 aromatic rings. The third kappa shape index (κ3) is 4.49. The monoisotopic (exact) mass is 410 g/mol. The molecule has 1 amide bonds. The molecule has 6 heteroatoms. The highest BCUT2D eigenvalue weighted by molar-refractivity contribution is 6.07. The summed E-state index contributed by atoms with van der Waals surface area (Å²) < 4.78 is 4.85. The largest absolute Gasteiger partial charge is 0.465 e. The van der Waals surface area contributed by atoms with Gasteiger partial charge in [-0.25, -0.2) is 4.79 Å². The molecule has 0 aliphatic carbocycles. The second-order valence-corrected chi connectivity index (χ2v) is 8.01. The van der Waals surface area contributed by atoms with Crippen LogP contribution in [0.4, 0.5) is 11.4 Å². The fraction of sp³-hybridized carbons (Fsp3) is 0.417. The predicted octanol–water partition coefficient (Wildman–Crippen LogP) is 3.86. The molecule has 1 atom stereocenters. The minimum Gasteiger partial charge on any atom is -0.465 e. The molecule has 0 spiro atoms. The first-order chi connectivity index (χ1) is 14.3. The molecule has 1 saturated heterocycles. The van der Waals surface area contributed by atoms with E-state index in [4.69, 9.17) is 4.74 Å². The maximum atomic E-state index is 13.2. The Hall–Kier alpha value is -2.86. The summed E-state index contributed by atoms with van der Waals surface area (Å²) in [7, 11) is 1.34. The Labute approximate surface area is 177 Å². The smallest absolute Gasteiger partial charge is 0.338 e. The van der Waals surface area contributed by atoms with Gasteiger partial charge in [0.15, 0.2) is 0 Å². The maximum absolute atomic E-state index is 13.2. The summed E-state index contributed by atoms with van der Waals surface area (Å²) in [5.74, 6) is -0.369. The molecule has 30 heavy (non-hydrogen) atoms. The van der Waals surface area contributed by atoms with Crippen molar-refractivity contribution in [3.63, 3.8) is 0 Å². The van der Waals surface area contributed by atoms with Crippen LogP contribution < -0.4 is 10.2 Å². The van der Waals surface area contributed by atoms with Crippen molar-refractivity contribution in [3.8, 4) is 0 Å². The first kappa shape index (κ1) is 21.8. The first-order valence-electron chi connectivity index (χ1n) is 10.3. The summed E-state index contributed by atoms with van der Waals surface area (Å²) in [5.41, 5.74) is 5.10. The molecule has 0 aromatic heterocycles. The number of nitrogens with zero attached hydrogens (tertiary/aromatic N) is 1. The van der Waals surface area contributed by atoms with Crippen LogP contribution in [0.25, 0.3) is 0 Å². The summed E-state index contributed by atoms with van der Waals surface area (Å²) in [5, 5.41) is 12.5. The Morgan fingerprint density at radius 1 is 1.13 bits per heavy atom. The molecule has 2 N–H and O–H groups in total. The number of aliphatic hydroxyl groups excluding tert-OH is 1. The van der Waals surface area contributed by atoms with E-state index in [-0.39, 0.29) is 18.4 Å². The average molecular weight is 411 g/mol. The average Bonchev–Trinajstić information content (AvgIpc) is 2.76. The van der Waals surface area contributed by atoms with Crippen molar-refractivity contribution in [2.45, 2.75) is 33.6 Å². The molecule has 1 aliphatic heterocycles. The Kier molecular flexibility index (Phi) is 6.77. The molecule has 1 heterocycles. The van der Waals surface area contributed by atoms with Crippen molar-refractivity contribution < 1.29 is 19.4 Å². The van der Waals surface area contributed by atoms with Gasteiger partial charge in [0.25, 0.3) is 5.91 Å². The molecule has 0 unspecified atom stereocenters. The zero-order valence-electron chi connectivity index (χ0n) is 18.1. The van der Waals surface area contributed by atoms with Gasteiger partial charge >= 0.3 is 5.97 Å². The molecule has 0 radical (unpaired) electrons. The number of benzene rings is 2. The van der Waals surface area contributed by atoms with E-state index in [1.807, 2.05) is 32.0 Å². The van der Waals surface area contributed by atoms with Gasteiger partial charge in [-0.3, -0.25) is 4.79 Å². The minimum absolute atomic E-state index is 0.185. The lowest BCUT2D eigenvalue weighted by Crippen LogP contribution is -2.36. The lowest BCUT2D eigenvalue weighted by Gasteiger charge is -2.34. The Morgan fingerprint density at radius 2 is 1.87 bits per heavy atom. The molecule has 2 aromatic carbocycles. The zero-order valence-corrected chi connectivity index (χ0v) is 18.1. The highest BCUT2D eigenvalue weighted by atomic mass is 16.5. The van der Waals surface area contributed by atoms with E-state index in [2.05, 4.69) is 10.2 Å². The van der Waals surface area contributed by atoms with Gasteiger partial charge < -0.3 is 20.1 Å². The van der Waals surface area contributed by atoms with E-state index >= 15 is 0 Å². The van der Waals surface area contributed by atoms with Crippen molar-refractivity contribution in [1.29, 1.82) is 0 Å². The fourth-order valence-electron chi connectivity index (χ4n) is 4.05. The maximum Gasteiger partial charge on any atom is 0.338 e. The van der Waals surface area contributed by atoms with Gasteiger partial charge in [0, 0.05) is 36.6 Å². The normalized spacial score (nSPS) is 16.3. The number of anilines is 2. The molecule has 0 saturated carbocycles. The van der Waals surface area contributed by atoms with Crippen molar-refractivity contribution in [1.82, 2.24) is 0 Å². The van der Waals surface area contributed by atoms with Gasteiger partial charge in [0.2, 0.25) is 0 Å². The Balaban J connectivity index is 1.88. The SMILES string of the molecule is COC(=O)c1ccc(C)c(NC(=O)c2cc(N3CCC[C@@H](CO)C3)ccc2C)c1C. The van der Waals surface area contributed by atoms with Gasteiger partial charge in [0.05, 0.1) is 12.7 Å². The van der Waals surface area contributed by atoms with Crippen molar-refractivity contribution in [2.75, 3.05) is 37.0 Å². The van der Waals surface area contributed by atoms with Crippen LogP contribution in [-0.2, 0) is 4.74 Å². The van der Waals surface area contributed by atoms with Crippen molar-refractivity contribution >= 4 is 23.3 Å². The van der Waals surface area contributed by atoms with Crippen LogP contribution in [-0.4, -0.2) is 43.8 Å². The number of rotatable bonds is 5. The van der Waals surface area contributed by atoms with E-state index in [1.54, 1.807) is 19.1 Å². The second-order valence-electron chi connectivity index (χ2n) is 8.01. The van der Waals surface area contributed by atoms with E-state index in [9.17, 15) is 14.7 Å². The van der Waals surface area contributed by atoms with Crippen molar-refractivity contribution in [3.05, 3.63) is 58.1 Å². The van der Waals surface area contributed by atoms with Crippen LogP contribution in [0, 0.1) is 26.7 Å². The van der Waals surface area contributed by atoms with E-state index in [0.29, 0.717) is 22.4 Å². The molecule has 160 valence electrons. The van der Waals surface area contributed by atoms with Crippen LogP contribution in [0.2, 0.25) is 0 Å². The number of amides is 1. The quantitative estimate of drug-likeness (QED) is 0.732. The lowest BCUT2D eigenvalue weighted by atomic mass is 9.97. The van der Waals surface area contributed by atoms with Crippen LogP contribution in [0.15, 0.2) is 30.3 Å². The number of hydrogen-bond acceptors (Lipinski definition) is 5. The third-order valence-corrected chi connectivity index (χ3v) is 5.93. The number of carbonyl (C=O) groups excluding carboxylic acids is 2. The van der Waals surface area contributed by atoms with Crippen LogP contribution in [0.1, 0.15) is 50.2 Å². The number of esters is 1. The third-order valence-electron chi connectivity index (χ3n) is 5.93. The summed E-state index contributed by atoms with van der Waals surface area (Å²) in [4.78, 5) is 27.4. The van der Waals surface area contributed by atoms with Crippen LogP contribution in [0.3, 0.4) is 0 Å². The number of hydrogen-bond donors (Lipinski definition) is 2. The number of aryl methyl sites for hydroxylation is 2. The summed E-state index contributed by atoms with van der Waals surface area (Å²) in [6.45, 7) is 7.51. The summed E-state index contributed by atoms with van der Waals surface area (Å²) in [6, 6.07) is 9.42. The van der Waals surface area contributed by atoms with Gasteiger partial charge in [-0.1, -0.05) is 12.1 Å². The van der Waals surface area contributed by atoms with Crippen molar-refractivity contribution in [2.24, 2.45) is 5.92 Å². The number of methoxy groups -OCH3 is 1. The van der Waals surface area contributed by atoms with E-state index in [0.717, 1.165) is 42.7 Å². The highest BCUT2D eigenvalue weighted by Crippen LogP contribution is 2.28. The lowest BCUT2D eigenvalue weighted by molar-refractivity contribution is 0.0599. The molecule has 1 fully saturated rings. The Bertz CT molecular complexity index is 954. The zero-order chi connectivity index (χ0) is 21.8. The number of carbonyl (C=O) groups is 2. The van der Waals surface area contributed by atoms with Gasteiger partial charge in [-0.15, -0.1) is 0 Å². The van der Waals surface area contributed by atoms with Crippen LogP contribution >= 0.6 is 0 Å². The van der Waals surface area contributed by atoms with Gasteiger partial charge in [-0.05, 0) is 74.4 Å². The molecular formula is C24H30N2O4. The van der Waals surface area contributed by atoms with Crippen LogP contribution in [0.5, 0.6) is 0 Å². The first-order valence-corrected chi connectivity index (χ1v) is 10.3. The number of nitrogens with one attached hydrogen (secondary N) is 1. The second kappa shape index (κ2) is 9.30. The fourth-order valence-corrected chi connectivity index (χ4v) is 4.05. The number of piperidine rings is 1. The molecule has 3 rings (SSSR count). The number of ether oxygens (including phenoxy) is 1. The summed E-state index contributed by atoms with van der Waals surface area (Å²) in [6.07, 6.45) is 2.06. The molecule has 1 aliphatic rings. The van der Waals surface area contributed by atoms with Gasteiger partial charge in [0.1, 0.15) is 0 Å². The van der Waals surface area contributed by atoms with E-state index < -0.39 is 5.97 Å². The Morgan fingerprint density at radius 3 is 2.57 bits per heavy atom. The minimum atomic E-state index is -0.426. The topological polar surface area (TPSA) is 78.9 Å². The molecule has 0 bridgehead atoms. The van der Waals surface area contributed by atoms with E-state index in [1.165, 1.54) is 7.11 Å². The predicted molar refractivity (Wildman–Crippen MR) is 118 cm³/mol. The standard InChI is InChI=1S/C24H30N2O4/c1-15-7-9-19(26-11-5-6-18(13-26)14-27)12-21(15)23(28)25-22-16(2)8-10-20(17(22)3)24(29)30-4/h7-10,12,18,27H,5-6,11,13-14H2,1-4H3,(H,25,28)/t18-/m1/s1. The number of aliphatic hydroxyl groups is 1. The highest BCUT2D eigenvalue weighted by Gasteiger charge is 2.22.